The summed E-state index contributed by atoms with van der Waals surface area (Å²) >= 11 is 5.87. The molecule has 0 spiro atoms. The topological polar surface area (TPSA) is 49.3 Å². The minimum Gasteiger partial charge on any atom is -0.395 e. The van der Waals surface area contributed by atoms with Gasteiger partial charge in [0.2, 0.25) is 0 Å². The number of carbonyl (C=O) groups excluding carboxylic acids is 1. The summed E-state index contributed by atoms with van der Waals surface area (Å²) in [6, 6.07) is 0. The van der Waals surface area contributed by atoms with E-state index in [1.165, 1.54) is 0 Å². The molecule has 0 aliphatic heterocycles. The lowest BCUT2D eigenvalue weighted by Gasteiger charge is -2.13. The number of ketones is 1. The number of aliphatic hydroxyl groups excluding tert-OH is 1. The van der Waals surface area contributed by atoms with Crippen molar-refractivity contribution in [2.24, 2.45) is 5.92 Å². The molecule has 18 heavy (non-hydrogen) atoms. The van der Waals surface area contributed by atoms with Gasteiger partial charge in [0.1, 0.15) is 5.78 Å². The predicted octanol–water partition coefficient (Wildman–Crippen LogP) is 2.42. The van der Waals surface area contributed by atoms with Gasteiger partial charge in [0.05, 0.1) is 6.61 Å². The quantitative estimate of drug-likeness (QED) is 0.474. The van der Waals surface area contributed by atoms with Crippen LogP contribution in [-0.2, 0) is 4.79 Å². The number of rotatable bonds is 10. The van der Waals surface area contributed by atoms with Crippen molar-refractivity contribution in [3.63, 3.8) is 0 Å². The van der Waals surface area contributed by atoms with Crippen LogP contribution >= 0.6 is 11.6 Å². The van der Waals surface area contributed by atoms with E-state index in [1.54, 1.807) is 18.2 Å². The van der Waals surface area contributed by atoms with Crippen LogP contribution in [0.4, 0.5) is 0 Å². The first-order valence-corrected chi connectivity index (χ1v) is 6.52. The Bertz CT molecular complexity index is 311. The van der Waals surface area contributed by atoms with E-state index in [2.05, 4.69) is 11.9 Å². The third-order valence-electron chi connectivity index (χ3n) is 2.46. The Kier molecular flexibility index (Phi) is 10.6. The first-order valence-electron chi connectivity index (χ1n) is 6.14. The average Bonchev–Trinajstić information content (AvgIpc) is 2.36. The number of hydrogen-bond donors (Lipinski definition) is 2. The molecule has 4 heteroatoms. The molecular formula is C14H22ClNO2. The molecule has 0 radical (unpaired) electrons. The summed E-state index contributed by atoms with van der Waals surface area (Å²) in [7, 11) is 0. The predicted molar refractivity (Wildman–Crippen MR) is 76.6 cm³/mol. The van der Waals surface area contributed by atoms with Gasteiger partial charge in [-0.25, -0.2) is 0 Å². The van der Waals surface area contributed by atoms with Gasteiger partial charge in [-0.1, -0.05) is 37.3 Å². The van der Waals surface area contributed by atoms with Gasteiger partial charge in [-0.3, -0.25) is 4.79 Å². The van der Waals surface area contributed by atoms with Crippen LogP contribution in [0.15, 0.2) is 35.9 Å². The molecule has 0 fully saturated rings. The Morgan fingerprint density at radius 2 is 2.28 bits per heavy atom. The molecule has 3 nitrogen and oxygen atoms in total. The van der Waals surface area contributed by atoms with Crippen LogP contribution in [0.2, 0.25) is 0 Å². The number of Topliss-reactive ketones (excluding diaryl/α,β-unsaturated/α-hetero) is 1. The minimum atomic E-state index is -0.0639. The largest absolute Gasteiger partial charge is 0.395 e. The third-order valence-corrected chi connectivity index (χ3v) is 2.71. The van der Waals surface area contributed by atoms with E-state index in [9.17, 15) is 4.79 Å². The van der Waals surface area contributed by atoms with Crippen LogP contribution in [0.3, 0.4) is 0 Å². The Morgan fingerprint density at radius 3 is 2.83 bits per heavy atom. The Labute approximate surface area is 114 Å². The van der Waals surface area contributed by atoms with Gasteiger partial charge < -0.3 is 10.4 Å². The number of hydrogen-bond acceptors (Lipinski definition) is 3. The molecule has 0 amide bonds. The maximum Gasteiger partial charge on any atom is 0.137 e. The van der Waals surface area contributed by atoms with E-state index >= 15 is 0 Å². The van der Waals surface area contributed by atoms with Crippen molar-refractivity contribution in [2.45, 2.75) is 19.8 Å². The molecule has 1 unspecified atom stereocenters. The molecule has 0 aliphatic carbocycles. The summed E-state index contributed by atoms with van der Waals surface area (Å²) in [5, 5.41) is 12.3. The fraction of sp³-hybridized carbons (Fsp3) is 0.500. The van der Waals surface area contributed by atoms with Crippen LogP contribution in [0.1, 0.15) is 19.8 Å². The summed E-state index contributed by atoms with van der Waals surface area (Å²) in [6.07, 6.45) is 8.14. The number of carbonyl (C=O) groups is 1. The van der Waals surface area contributed by atoms with Gasteiger partial charge in [-0.15, -0.1) is 0 Å². The van der Waals surface area contributed by atoms with E-state index in [0.717, 1.165) is 0 Å². The summed E-state index contributed by atoms with van der Waals surface area (Å²) in [4.78, 5) is 11.7. The van der Waals surface area contributed by atoms with E-state index < -0.39 is 0 Å². The second-order valence-corrected chi connectivity index (χ2v) is 4.31. The lowest BCUT2D eigenvalue weighted by atomic mass is 9.98. The zero-order chi connectivity index (χ0) is 13.8. The molecule has 0 heterocycles. The normalized spacial score (nSPS) is 13.8. The van der Waals surface area contributed by atoms with Crippen molar-refractivity contribution in [3.8, 4) is 0 Å². The van der Waals surface area contributed by atoms with E-state index in [-0.39, 0.29) is 18.3 Å². The fourth-order valence-electron chi connectivity index (χ4n) is 1.49. The van der Waals surface area contributed by atoms with Crippen LogP contribution in [0.25, 0.3) is 0 Å². The highest BCUT2D eigenvalue weighted by Crippen LogP contribution is 2.10. The highest BCUT2D eigenvalue weighted by atomic mass is 35.5. The maximum atomic E-state index is 11.7. The molecule has 0 bridgehead atoms. The molecule has 0 aromatic heterocycles. The number of aliphatic hydroxyl groups is 1. The van der Waals surface area contributed by atoms with Crippen molar-refractivity contribution in [3.05, 3.63) is 35.9 Å². The van der Waals surface area contributed by atoms with Crippen LogP contribution < -0.4 is 5.32 Å². The van der Waals surface area contributed by atoms with Gasteiger partial charge in [0, 0.05) is 30.5 Å². The Hall–Kier alpha value is -0.900. The van der Waals surface area contributed by atoms with E-state index in [1.807, 2.05) is 13.0 Å². The van der Waals surface area contributed by atoms with Crippen LogP contribution in [0, 0.1) is 5.92 Å². The lowest BCUT2D eigenvalue weighted by molar-refractivity contribution is -0.122. The van der Waals surface area contributed by atoms with Gasteiger partial charge in [-0.05, 0) is 18.6 Å². The average molecular weight is 272 g/mol. The SMILES string of the molecule is C=C/C=C(Cl)\C=C/CC(CNCCO)C(=O)CC. The van der Waals surface area contributed by atoms with Crippen LogP contribution in [0.5, 0.6) is 0 Å². The summed E-state index contributed by atoms with van der Waals surface area (Å²) in [5.41, 5.74) is 0. The molecule has 0 rings (SSSR count). The fourth-order valence-corrected chi connectivity index (χ4v) is 1.66. The smallest absolute Gasteiger partial charge is 0.137 e. The zero-order valence-corrected chi connectivity index (χ0v) is 11.6. The molecular weight excluding hydrogens is 250 g/mol. The molecule has 0 aromatic rings. The van der Waals surface area contributed by atoms with Crippen molar-refractivity contribution in [2.75, 3.05) is 19.7 Å². The Balaban J connectivity index is 4.27. The van der Waals surface area contributed by atoms with E-state index in [4.69, 9.17) is 16.7 Å². The monoisotopic (exact) mass is 271 g/mol. The van der Waals surface area contributed by atoms with Gasteiger partial charge in [-0.2, -0.15) is 0 Å². The van der Waals surface area contributed by atoms with Gasteiger partial charge >= 0.3 is 0 Å². The second kappa shape index (κ2) is 11.2. The van der Waals surface area contributed by atoms with Crippen molar-refractivity contribution in [1.82, 2.24) is 5.32 Å². The molecule has 0 saturated heterocycles. The molecule has 102 valence electrons. The first kappa shape index (κ1) is 17.1. The molecule has 0 saturated carbocycles. The van der Waals surface area contributed by atoms with Crippen molar-refractivity contribution in [1.29, 1.82) is 0 Å². The molecule has 0 aliphatic rings. The van der Waals surface area contributed by atoms with Gasteiger partial charge in [0.15, 0.2) is 0 Å². The molecule has 0 aromatic carbocycles. The maximum absolute atomic E-state index is 11.7. The highest BCUT2D eigenvalue weighted by molar-refractivity contribution is 6.31. The number of halogens is 1. The van der Waals surface area contributed by atoms with Crippen LogP contribution in [-0.4, -0.2) is 30.6 Å². The zero-order valence-electron chi connectivity index (χ0n) is 10.9. The lowest BCUT2D eigenvalue weighted by Crippen LogP contribution is -2.29. The summed E-state index contributed by atoms with van der Waals surface area (Å²) in [6.45, 7) is 6.58. The third kappa shape index (κ3) is 8.23. The first-order chi connectivity index (χ1) is 8.65. The second-order valence-electron chi connectivity index (χ2n) is 3.87. The number of allylic oxidation sites excluding steroid dienone is 5. The minimum absolute atomic E-state index is 0.0639. The van der Waals surface area contributed by atoms with E-state index in [0.29, 0.717) is 31.0 Å². The summed E-state index contributed by atoms with van der Waals surface area (Å²) < 4.78 is 0. The van der Waals surface area contributed by atoms with Crippen molar-refractivity contribution < 1.29 is 9.90 Å². The van der Waals surface area contributed by atoms with Crippen molar-refractivity contribution >= 4 is 17.4 Å². The Morgan fingerprint density at radius 1 is 1.56 bits per heavy atom. The molecule has 2 N–H and O–H groups in total. The van der Waals surface area contributed by atoms with Gasteiger partial charge in [0.25, 0.3) is 0 Å². The summed E-state index contributed by atoms with van der Waals surface area (Å²) in [5.74, 6) is 0.153. The highest BCUT2D eigenvalue weighted by Gasteiger charge is 2.14. The molecule has 1 atom stereocenters. The standard InChI is InChI=1S/C14H22ClNO2/c1-3-6-13(15)8-5-7-12(14(18)4-2)11-16-9-10-17/h3,5-6,8,12,16-17H,1,4,7,9-11H2,2H3/b8-5-,13-6+. The number of nitrogens with one attached hydrogen (secondary N) is 1.